The molecule has 2 rings (SSSR count). The number of ether oxygens (including phenoxy) is 2. The Balaban J connectivity index is 0.000000677. The number of rotatable bonds is 6. The van der Waals surface area contributed by atoms with Gasteiger partial charge in [-0.25, -0.2) is 0 Å². The molecule has 0 saturated carbocycles. The Bertz CT molecular complexity index is 254. The summed E-state index contributed by atoms with van der Waals surface area (Å²) in [7, 11) is 0. The average molecular weight is 299 g/mol. The summed E-state index contributed by atoms with van der Waals surface area (Å²) in [4.78, 5) is 2.58. The van der Waals surface area contributed by atoms with Crippen molar-refractivity contribution in [2.24, 2.45) is 0 Å². The smallest absolute Gasteiger partial charge is 0.168 e. The van der Waals surface area contributed by atoms with Crippen LogP contribution in [-0.4, -0.2) is 43.0 Å². The molecule has 126 valence electrons. The van der Waals surface area contributed by atoms with Crippen molar-refractivity contribution in [3.63, 3.8) is 0 Å². The molecule has 0 aromatic rings. The van der Waals surface area contributed by atoms with Crippen LogP contribution in [0.2, 0.25) is 0 Å². The van der Waals surface area contributed by atoms with E-state index in [1.165, 1.54) is 45.3 Å². The molecule has 2 saturated heterocycles. The highest BCUT2D eigenvalue weighted by Gasteiger charge is 2.38. The monoisotopic (exact) mass is 299 g/mol. The van der Waals surface area contributed by atoms with Crippen molar-refractivity contribution < 1.29 is 9.47 Å². The summed E-state index contributed by atoms with van der Waals surface area (Å²) in [6.45, 7) is 13.2. The maximum atomic E-state index is 6.18. The summed E-state index contributed by atoms with van der Waals surface area (Å²) in [5, 5.41) is 0. The third-order valence-corrected chi connectivity index (χ3v) is 4.30. The van der Waals surface area contributed by atoms with E-state index in [9.17, 15) is 0 Å². The van der Waals surface area contributed by atoms with Gasteiger partial charge in [0.15, 0.2) is 5.79 Å². The average Bonchev–Trinajstić information content (AvgIpc) is 2.91. The van der Waals surface area contributed by atoms with Gasteiger partial charge in [0.1, 0.15) is 0 Å². The molecular formula is C18H37NO2. The van der Waals surface area contributed by atoms with Gasteiger partial charge in [-0.3, -0.25) is 0 Å². The highest BCUT2D eigenvalue weighted by atomic mass is 16.7. The molecule has 0 bridgehead atoms. The Morgan fingerprint density at radius 2 is 1.71 bits per heavy atom. The predicted octanol–water partition coefficient (Wildman–Crippen LogP) is 4.60. The van der Waals surface area contributed by atoms with Crippen LogP contribution in [0.3, 0.4) is 0 Å². The second kappa shape index (κ2) is 10.6. The largest absolute Gasteiger partial charge is 0.347 e. The Hall–Kier alpha value is -0.120. The van der Waals surface area contributed by atoms with Crippen molar-refractivity contribution in [3.8, 4) is 0 Å². The Kier molecular flexibility index (Phi) is 9.54. The maximum Gasteiger partial charge on any atom is 0.168 e. The molecule has 21 heavy (non-hydrogen) atoms. The lowest BCUT2D eigenvalue weighted by Gasteiger charge is -2.28. The number of likely N-dealkylation sites (tertiary alicyclic amines) is 1. The molecule has 0 radical (unpaired) electrons. The van der Waals surface area contributed by atoms with Crippen molar-refractivity contribution in [1.29, 1.82) is 0 Å². The summed E-state index contributed by atoms with van der Waals surface area (Å²) in [5.74, 6) is -0.263. The van der Waals surface area contributed by atoms with E-state index >= 15 is 0 Å². The summed E-state index contributed by atoms with van der Waals surface area (Å²) >= 11 is 0. The molecule has 3 heteroatoms. The van der Waals surface area contributed by atoms with Gasteiger partial charge in [0.2, 0.25) is 0 Å². The molecule has 0 N–H and O–H groups in total. The number of nitrogens with zero attached hydrogens (tertiary/aromatic N) is 1. The lowest BCUT2D eigenvalue weighted by Crippen LogP contribution is -2.34. The van der Waals surface area contributed by atoms with Crippen LogP contribution < -0.4 is 0 Å². The SMILES string of the molecule is CCC.CCCC1(CC)OCC(CCN2CCCCC2)O1. The number of piperidine rings is 1. The Labute approximate surface area is 132 Å². The minimum atomic E-state index is -0.263. The van der Waals surface area contributed by atoms with Crippen LogP contribution in [0.1, 0.15) is 79.1 Å². The van der Waals surface area contributed by atoms with Gasteiger partial charge >= 0.3 is 0 Å². The maximum absolute atomic E-state index is 6.18. The topological polar surface area (TPSA) is 21.7 Å². The van der Waals surface area contributed by atoms with E-state index in [-0.39, 0.29) is 5.79 Å². The molecule has 0 aromatic heterocycles. The summed E-state index contributed by atoms with van der Waals surface area (Å²) in [5.41, 5.74) is 0. The minimum absolute atomic E-state index is 0.263. The first-order valence-corrected chi connectivity index (χ1v) is 9.23. The molecule has 2 heterocycles. The highest BCUT2D eigenvalue weighted by molar-refractivity contribution is 4.79. The molecule has 2 atom stereocenters. The summed E-state index contributed by atoms with van der Waals surface area (Å²) in [6.07, 6.45) is 9.99. The van der Waals surface area contributed by atoms with E-state index in [0.717, 1.165) is 32.3 Å². The molecule has 0 spiro atoms. The summed E-state index contributed by atoms with van der Waals surface area (Å²) in [6, 6.07) is 0. The molecular weight excluding hydrogens is 262 g/mol. The zero-order chi connectivity index (χ0) is 15.6. The lowest BCUT2D eigenvalue weighted by molar-refractivity contribution is -0.175. The van der Waals surface area contributed by atoms with Gasteiger partial charge in [0, 0.05) is 13.0 Å². The molecule has 0 amide bonds. The molecule has 0 aromatic carbocycles. The minimum Gasteiger partial charge on any atom is -0.347 e. The van der Waals surface area contributed by atoms with Gasteiger partial charge in [0.25, 0.3) is 0 Å². The Morgan fingerprint density at radius 1 is 1.05 bits per heavy atom. The van der Waals surface area contributed by atoms with Crippen molar-refractivity contribution in [2.45, 2.75) is 91.0 Å². The van der Waals surface area contributed by atoms with Crippen LogP contribution >= 0.6 is 0 Å². The van der Waals surface area contributed by atoms with Gasteiger partial charge < -0.3 is 14.4 Å². The van der Waals surface area contributed by atoms with Gasteiger partial charge in [-0.15, -0.1) is 0 Å². The van der Waals surface area contributed by atoms with Crippen molar-refractivity contribution in [2.75, 3.05) is 26.2 Å². The first kappa shape index (κ1) is 18.9. The fourth-order valence-corrected chi connectivity index (χ4v) is 3.14. The molecule has 2 fully saturated rings. The predicted molar refractivity (Wildman–Crippen MR) is 89.6 cm³/mol. The first-order chi connectivity index (χ1) is 10.2. The van der Waals surface area contributed by atoms with Crippen LogP contribution in [0.25, 0.3) is 0 Å². The van der Waals surface area contributed by atoms with E-state index < -0.39 is 0 Å². The standard InChI is InChI=1S/C15H29NO2.C3H8/c1-3-9-15(4-2)17-13-14(18-15)8-12-16-10-6-5-7-11-16;1-3-2/h14H,3-13H2,1-2H3;3H2,1-2H3. The third kappa shape index (κ3) is 6.66. The van der Waals surface area contributed by atoms with E-state index in [1.54, 1.807) is 0 Å². The van der Waals surface area contributed by atoms with Gasteiger partial charge in [0.05, 0.1) is 12.7 Å². The van der Waals surface area contributed by atoms with Crippen molar-refractivity contribution in [3.05, 3.63) is 0 Å². The van der Waals surface area contributed by atoms with E-state index in [2.05, 4.69) is 32.6 Å². The third-order valence-electron chi connectivity index (χ3n) is 4.30. The van der Waals surface area contributed by atoms with Crippen LogP contribution in [0.4, 0.5) is 0 Å². The van der Waals surface area contributed by atoms with E-state index in [4.69, 9.17) is 9.47 Å². The fraction of sp³-hybridized carbons (Fsp3) is 1.00. The van der Waals surface area contributed by atoms with Crippen LogP contribution in [0, 0.1) is 0 Å². The molecule has 2 aliphatic rings. The van der Waals surface area contributed by atoms with E-state index in [1.807, 2.05) is 0 Å². The lowest BCUT2D eigenvalue weighted by atomic mass is 10.1. The van der Waals surface area contributed by atoms with Crippen molar-refractivity contribution in [1.82, 2.24) is 4.90 Å². The molecule has 2 unspecified atom stereocenters. The molecule has 0 aliphatic carbocycles. The molecule has 2 aliphatic heterocycles. The molecule has 3 nitrogen and oxygen atoms in total. The second-order valence-electron chi connectivity index (χ2n) is 6.46. The van der Waals surface area contributed by atoms with Gasteiger partial charge in [-0.05, 0) is 38.8 Å². The van der Waals surface area contributed by atoms with Gasteiger partial charge in [-0.1, -0.05) is 47.0 Å². The van der Waals surface area contributed by atoms with E-state index in [0.29, 0.717) is 6.10 Å². The first-order valence-electron chi connectivity index (χ1n) is 9.23. The second-order valence-corrected chi connectivity index (χ2v) is 6.46. The fourth-order valence-electron chi connectivity index (χ4n) is 3.14. The zero-order valence-corrected chi connectivity index (χ0v) is 14.8. The Morgan fingerprint density at radius 3 is 2.29 bits per heavy atom. The van der Waals surface area contributed by atoms with Crippen LogP contribution in [-0.2, 0) is 9.47 Å². The normalized spacial score (nSPS) is 30.0. The summed E-state index contributed by atoms with van der Waals surface area (Å²) < 4.78 is 12.1. The van der Waals surface area contributed by atoms with Crippen LogP contribution in [0.15, 0.2) is 0 Å². The van der Waals surface area contributed by atoms with Gasteiger partial charge in [-0.2, -0.15) is 0 Å². The van der Waals surface area contributed by atoms with Crippen molar-refractivity contribution >= 4 is 0 Å². The van der Waals surface area contributed by atoms with Crippen LogP contribution in [0.5, 0.6) is 0 Å². The zero-order valence-electron chi connectivity index (χ0n) is 14.8. The quantitative estimate of drug-likeness (QED) is 0.715. The number of hydrogen-bond acceptors (Lipinski definition) is 3. The number of hydrogen-bond donors (Lipinski definition) is 0. The highest BCUT2D eigenvalue weighted by Crippen LogP contribution is 2.32.